The lowest BCUT2D eigenvalue weighted by Crippen LogP contribution is -2.10. The van der Waals surface area contributed by atoms with Crippen LogP contribution in [0.4, 0.5) is 0 Å². The second kappa shape index (κ2) is 6.48. The Morgan fingerprint density at radius 1 is 1.23 bits per heavy atom. The fourth-order valence-electron chi connectivity index (χ4n) is 3.28. The third-order valence-electron chi connectivity index (χ3n) is 4.23. The summed E-state index contributed by atoms with van der Waals surface area (Å²) in [6.45, 7) is 8.05. The number of hydrogen-bond acceptors (Lipinski definition) is 6. The molecule has 0 fully saturated rings. The molecule has 0 aliphatic carbocycles. The van der Waals surface area contributed by atoms with Gasteiger partial charge >= 0.3 is 0 Å². The molecule has 0 aromatic carbocycles. The number of aromatic nitrogens is 5. The molecule has 0 spiro atoms. The molecule has 26 heavy (non-hydrogen) atoms. The van der Waals surface area contributed by atoms with Gasteiger partial charge in [0.05, 0.1) is 23.3 Å². The Morgan fingerprint density at radius 2 is 1.92 bits per heavy atom. The van der Waals surface area contributed by atoms with Gasteiger partial charge in [0, 0.05) is 24.3 Å². The van der Waals surface area contributed by atoms with Gasteiger partial charge in [-0.05, 0) is 31.4 Å². The molecule has 0 radical (unpaired) electrons. The van der Waals surface area contributed by atoms with Gasteiger partial charge in [-0.25, -0.2) is 9.67 Å². The molecule has 0 unspecified atom stereocenters. The van der Waals surface area contributed by atoms with Crippen LogP contribution in [0.15, 0.2) is 12.3 Å². The average molecular weight is 377 g/mol. The van der Waals surface area contributed by atoms with Crippen LogP contribution in [-0.4, -0.2) is 39.2 Å². The Hall–Kier alpha value is -2.26. The van der Waals surface area contributed by atoms with Gasteiger partial charge in [-0.2, -0.15) is 18.6 Å². The summed E-state index contributed by atoms with van der Waals surface area (Å²) < 4.78 is 31.4. The van der Waals surface area contributed by atoms with E-state index in [4.69, 9.17) is 4.18 Å². The van der Waals surface area contributed by atoms with E-state index in [2.05, 4.69) is 29.0 Å². The minimum atomic E-state index is -3.59. The first kappa shape index (κ1) is 18.5. The van der Waals surface area contributed by atoms with Crippen LogP contribution in [0.5, 0.6) is 0 Å². The Bertz CT molecular complexity index is 1080. The van der Waals surface area contributed by atoms with Gasteiger partial charge in [0.15, 0.2) is 5.65 Å². The van der Waals surface area contributed by atoms with Crippen LogP contribution in [-0.2, 0) is 28.0 Å². The van der Waals surface area contributed by atoms with Gasteiger partial charge < -0.3 is 0 Å². The fourth-order valence-corrected chi connectivity index (χ4v) is 3.60. The lowest BCUT2D eigenvalue weighted by atomic mass is 10.0. The molecule has 0 atom stereocenters. The first-order valence-electron chi connectivity index (χ1n) is 8.31. The van der Waals surface area contributed by atoms with Gasteiger partial charge in [0.1, 0.15) is 6.61 Å². The van der Waals surface area contributed by atoms with E-state index >= 15 is 0 Å². The fraction of sp³-hybridized carbons (Fsp3) is 0.471. The highest BCUT2D eigenvalue weighted by atomic mass is 32.2. The number of hydrogen-bond donors (Lipinski definition) is 0. The summed E-state index contributed by atoms with van der Waals surface area (Å²) in [5.74, 6) is 0.328. The molecule has 3 aromatic rings. The van der Waals surface area contributed by atoms with Crippen molar-refractivity contribution >= 4 is 21.2 Å². The lowest BCUT2D eigenvalue weighted by molar-refractivity contribution is 0.307. The van der Waals surface area contributed by atoms with Crippen LogP contribution in [0.2, 0.25) is 0 Å². The van der Waals surface area contributed by atoms with E-state index < -0.39 is 10.1 Å². The SMILES string of the molecule is Cc1nn(-c2cc3cn(C)nc3nc2COS(C)(=O)=O)c(C)c1C(C)C. The zero-order valence-electron chi connectivity index (χ0n) is 15.8. The van der Waals surface area contributed by atoms with Gasteiger partial charge in [0.25, 0.3) is 10.1 Å². The number of aryl methyl sites for hydroxylation is 2. The monoisotopic (exact) mass is 377 g/mol. The molecule has 0 aliphatic rings. The maximum absolute atomic E-state index is 11.4. The molecule has 0 bridgehead atoms. The predicted molar refractivity (Wildman–Crippen MR) is 98.8 cm³/mol. The highest BCUT2D eigenvalue weighted by molar-refractivity contribution is 7.85. The first-order valence-corrected chi connectivity index (χ1v) is 10.1. The Labute approximate surface area is 152 Å². The summed E-state index contributed by atoms with van der Waals surface area (Å²) >= 11 is 0. The third-order valence-corrected chi connectivity index (χ3v) is 4.77. The van der Waals surface area contributed by atoms with Crippen molar-refractivity contribution in [3.8, 4) is 5.69 Å². The van der Waals surface area contributed by atoms with Crippen molar-refractivity contribution in [2.45, 2.75) is 40.2 Å². The molecule has 0 amide bonds. The summed E-state index contributed by atoms with van der Waals surface area (Å²) in [6, 6.07) is 1.92. The standard InChI is InChI=1S/C17H23N5O3S/c1-10(2)16-11(3)19-22(12(16)4)15-7-13-8-21(5)20-17(13)18-14(15)9-25-26(6,23)24/h7-8,10H,9H2,1-6H3. The maximum Gasteiger partial charge on any atom is 0.264 e. The van der Waals surface area contributed by atoms with Gasteiger partial charge in [-0.1, -0.05) is 13.8 Å². The average Bonchev–Trinajstić information content (AvgIpc) is 3.01. The highest BCUT2D eigenvalue weighted by Crippen LogP contribution is 2.27. The molecule has 8 nitrogen and oxygen atoms in total. The zero-order valence-corrected chi connectivity index (χ0v) is 16.6. The highest BCUT2D eigenvalue weighted by Gasteiger charge is 2.20. The lowest BCUT2D eigenvalue weighted by Gasteiger charge is -2.12. The molecular weight excluding hydrogens is 354 g/mol. The maximum atomic E-state index is 11.4. The molecule has 0 N–H and O–H groups in total. The Morgan fingerprint density at radius 3 is 2.50 bits per heavy atom. The van der Waals surface area contributed by atoms with Gasteiger partial charge in [-0.3, -0.25) is 8.86 Å². The van der Waals surface area contributed by atoms with E-state index in [-0.39, 0.29) is 6.61 Å². The predicted octanol–water partition coefficient (Wildman–Crippen LogP) is 2.37. The summed E-state index contributed by atoms with van der Waals surface area (Å²) in [5, 5.41) is 9.81. The van der Waals surface area contributed by atoms with Crippen molar-refractivity contribution in [3.05, 3.63) is 34.9 Å². The molecule has 0 saturated heterocycles. The second-order valence-electron chi connectivity index (χ2n) is 6.79. The van der Waals surface area contributed by atoms with Crippen molar-refractivity contribution in [1.82, 2.24) is 24.5 Å². The van der Waals surface area contributed by atoms with E-state index in [0.717, 1.165) is 23.0 Å². The van der Waals surface area contributed by atoms with E-state index in [9.17, 15) is 8.42 Å². The number of fused-ring (bicyclic) bond motifs is 1. The van der Waals surface area contributed by atoms with Crippen molar-refractivity contribution in [1.29, 1.82) is 0 Å². The number of rotatable bonds is 5. The minimum Gasteiger partial charge on any atom is -0.273 e. The quantitative estimate of drug-likeness (QED) is 0.634. The summed E-state index contributed by atoms with van der Waals surface area (Å²) in [5.41, 5.74) is 4.83. The third kappa shape index (κ3) is 3.49. The van der Waals surface area contributed by atoms with Crippen molar-refractivity contribution in [2.24, 2.45) is 7.05 Å². The van der Waals surface area contributed by atoms with Crippen LogP contribution < -0.4 is 0 Å². The number of pyridine rings is 1. The molecule has 140 valence electrons. The molecule has 0 aliphatic heterocycles. The summed E-state index contributed by atoms with van der Waals surface area (Å²) in [4.78, 5) is 4.52. The molecule has 9 heteroatoms. The van der Waals surface area contributed by atoms with E-state index in [1.54, 1.807) is 4.68 Å². The van der Waals surface area contributed by atoms with Crippen LogP contribution in [0.25, 0.3) is 16.7 Å². The normalized spacial score (nSPS) is 12.4. The van der Waals surface area contributed by atoms with Crippen LogP contribution >= 0.6 is 0 Å². The number of nitrogens with zero attached hydrogens (tertiary/aromatic N) is 5. The van der Waals surface area contributed by atoms with Crippen molar-refractivity contribution in [3.63, 3.8) is 0 Å². The Balaban J connectivity index is 2.21. The Kier molecular flexibility index (Phi) is 4.61. The summed E-state index contributed by atoms with van der Waals surface area (Å²) in [6.07, 6.45) is 2.88. The van der Waals surface area contributed by atoms with Crippen molar-refractivity contribution < 1.29 is 12.6 Å². The molecule has 3 aromatic heterocycles. The van der Waals surface area contributed by atoms with E-state index in [0.29, 0.717) is 22.9 Å². The molecular formula is C17H23N5O3S. The van der Waals surface area contributed by atoms with E-state index in [1.165, 1.54) is 5.56 Å². The van der Waals surface area contributed by atoms with Crippen molar-refractivity contribution in [2.75, 3.05) is 6.26 Å². The molecule has 3 heterocycles. The van der Waals surface area contributed by atoms with Gasteiger partial charge in [0.2, 0.25) is 0 Å². The zero-order chi connectivity index (χ0) is 19.2. The first-order chi connectivity index (χ1) is 12.1. The topological polar surface area (TPSA) is 91.9 Å². The van der Waals surface area contributed by atoms with Crippen LogP contribution in [0.1, 0.15) is 42.4 Å². The molecule has 0 saturated carbocycles. The van der Waals surface area contributed by atoms with E-state index in [1.807, 2.05) is 37.8 Å². The smallest absolute Gasteiger partial charge is 0.264 e. The summed E-state index contributed by atoms with van der Waals surface area (Å²) in [7, 11) is -1.78. The minimum absolute atomic E-state index is 0.171. The van der Waals surface area contributed by atoms with Crippen LogP contribution in [0, 0.1) is 13.8 Å². The van der Waals surface area contributed by atoms with Crippen LogP contribution in [0.3, 0.4) is 0 Å². The molecule has 3 rings (SSSR count). The van der Waals surface area contributed by atoms with Gasteiger partial charge in [-0.15, -0.1) is 0 Å². The largest absolute Gasteiger partial charge is 0.273 e. The second-order valence-corrected chi connectivity index (χ2v) is 8.43.